The monoisotopic (exact) mass is 297 g/mol. The molecule has 0 saturated carbocycles. The average molecular weight is 299 g/mol. The van der Waals surface area contributed by atoms with Crippen LogP contribution >= 0.6 is 40.4 Å². The van der Waals surface area contributed by atoms with Crippen molar-refractivity contribution in [1.82, 2.24) is 0 Å². The number of halogens is 2. The predicted octanol–water partition coefficient (Wildman–Crippen LogP) is 0.877. The number of nitrogens with two attached hydrogens (primary N) is 2. The Morgan fingerprint density at radius 1 is 1.43 bits per heavy atom. The number of rotatable bonds is 0. The minimum atomic E-state index is 0.000000000000000222. The Morgan fingerprint density at radius 2 is 1.43 bits per heavy atom. The fourth-order valence-corrected chi connectivity index (χ4v) is 0. The topological polar surface area (TPSA) is 52.0 Å². The van der Waals surface area contributed by atoms with Gasteiger partial charge < -0.3 is 11.5 Å². The third kappa shape index (κ3) is 140. The Bertz CT molecular complexity index is 47.0. The molecule has 0 heterocycles. The molecule has 0 aromatic carbocycles. The zero-order valence-electron chi connectivity index (χ0n) is 3.12. The molecular formula is CH4Br2CuN2S. The number of thiocarbonyl (C=S) groups is 1. The molecule has 0 aliphatic carbocycles. The van der Waals surface area contributed by atoms with E-state index in [9.17, 15) is 0 Å². The van der Waals surface area contributed by atoms with Gasteiger partial charge in [-0.3, -0.25) is 0 Å². The molecule has 0 aromatic heterocycles. The van der Waals surface area contributed by atoms with Crippen molar-refractivity contribution in [3.8, 4) is 0 Å². The van der Waals surface area contributed by atoms with Gasteiger partial charge in [0.2, 0.25) is 0 Å². The molecule has 0 bridgehead atoms. The van der Waals surface area contributed by atoms with E-state index in [0.29, 0.717) is 0 Å². The summed E-state index contributed by atoms with van der Waals surface area (Å²) >= 11 is 11.5. The molecule has 0 unspecified atom stereocenters. The summed E-state index contributed by atoms with van der Waals surface area (Å²) in [5.41, 5.74) is 9.24. The molecule has 0 atom stereocenters. The zero-order chi connectivity index (χ0) is 6.28. The van der Waals surface area contributed by atoms with Gasteiger partial charge in [-0.2, -0.15) is 0 Å². The first-order valence-corrected chi connectivity index (χ1v) is 6.07. The second kappa shape index (κ2) is 10.2. The summed E-state index contributed by atoms with van der Waals surface area (Å²) < 4.78 is 0. The van der Waals surface area contributed by atoms with E-state index < -0.39 is 0 Å². The molecule has 0 saturated heterocycles. The quantitative estimate of drug-likeness (QED) is 0.516. The normalized spacial score (nSPS) is 6.57. The Hall–Kier alpha value is 1.17. The predicted molar refractivity (Wildman–Crippen MR) is 38.8 cm³/mol. The first-order chi connectivity index (χ1) is 3.15. The van der Waals surface area contributed by atoms with Gasteiger partial charge in [0.05, 0.1) is 0 Å². The number of hydrogen-bond acceptors (Lipinski definition) is 1. The van der Waals surface area contributed by atoms with E-state index in [1.165, 1.54) is 11.3 Å². The van der Waals surface area contributed by atoms with Gasteiger partial charge >= 0.3 is 39.6 Å². The van der Waals surface area contributed by atoms with Crippen LogP contribution in [0.15, 0.2) is 0 Å². The molecule has 0 radical (unpaired) electrons. The summed E-state index contributed by atoms with van der Waals surface area (Å²) in [5.74, 6) is 0. The Morgan fingerprint density at radius 3 is 1.43 bits per heavy atom. The van der Waals surface area contributed by atoms with Crippen molar-refractivity contribution in [3.63, 3.8) is 0 Å². The summed E-state index contributed by atoms with van der Waals surface area (Å²) in [6, 6.07) is 0. The molecule has 6 heteroatoms. The summed E-state index contributed by atoms with van der Waals surface area (Å²) in [4.78, 5) is 0. The van der Waals surface area contributed by atoms with Crippen LogP contribution in [-0.4, -0.2) is 5.11 Å². The first-order valence-electron chi connectivity index (χ1n) is 1.01. The Kier molecular flexibility index (Phi) is 16.1. The molecule has 4 N–H and O–H groups in total. The van der Waals surface area contributed by atoms with Crippen LogP contribution in [0.2, 0.25) is 0 Å². The van der Waals surface area contributed by atoms with Crippen LogP contribution in [0.25, 0.3) is 0 Å². The van der Waals surface area contributed by atoms with E-state index in [1.54, 1.807) is 0 Å². The summed E-state index contributed by atoms with van der Waals surface area (Å²) in [6.07, 6.45) is 0. The SMILES string of the molecule is NC(N)=S.[Br][Cu][Br]. The van der Waals surface area contributed by atoms with E-state index in [4.69, 9.17) is 0 Å². The van der Waals surface area contributed by atoms with Gasteiger partial charge in [0.25, 0.3) is 0 Å². The van der Waals surface area contributed by atoms with E-state index in [2.05, 4.69) is 51.9 Å². The molecule has 49 valence electrons. The van der Waals surface area contributed by atoms with Crippen LogP contribution in [-0.2, 0) is 11.3 Å². The summed E-state index contributed by atoms with van der Waals surface area (Å²) in [6.45, 7) is 0. The Labute approximate surface area is 67.9 Å². The zero-order valence-corrected chi connectivity index (χ0v) is 8.05. The van der Waals surface area contributed by atoms with Crippen molar-refractivity contribution < 1.29 is 11.3 Å². The average Bonchev–Trinajstić information content (AvgIpc) is 1.33. The molecule has 0 fully saturated rings. The van der Waals surface area contributed by atoms with Crippen molar-refractivity contribution in [1.29, 1.82) is 0 Å². The van der Waals surface area contributed by atoms with E-state index in [0.717, 1.165) is 0 Å². The maximum atomic E-state index is 4.62. The first kappa shape index (κ1) is 11.0. The maximum absolute atomic E-state index is 4.62. The third-order valence-electron chi connectivity index (χ3n) is 0. The number of hydrogen-bond donors (Lipinski definition) is 2. The van der Waals surface area contributed by atoms with Crippen molar-refractivity contribution in [2.45, 2.75) is 0 Å². The fourth-order valence-electron chi connectivity index (χ4n) is 0. The van der Waals surface area contributed by atoms with Gasteiger partial charge in [0, 0.05) is 0 Å². The molecule has 7 heavy (non-hydrogen) atoms. The molecule has 2 nitrogen and oxygen atoms in total. The van der Waals surface area contributed by atoms with Crippen LogP contribution in [0.1, 0.15) is 0 Å². The molecule has 0 spiro atoms. The van der Waals surface area contributed by atoms with Crippen molar-refractivity contribution in [2.24, 2.45) is 11.5 Å². The van der Waals surface area contributed by atoms with Crippen LogP contribution in [0.3, 0.4) is 0 Å². The van der Waals surface area contributed by atoms with Gasteiger partial charge in [-0.1, -0.05) is 0 Å². The standard InChI is InChI=1S/CH4N2S.2BrH.Cu/c2-1(3)4;;;/h(H4,2,3,4);2*1H;/q;;;+2/p-2. The fraction of sp³-hybridized carbons (Fsp3) is 0. The molecule has 0 aromatic rings. The second-order valence-corrected chi connectivity index (χ2v) is 5.67. The van der Waals surface area contributed by atoms with Gasteiger partial charge in [0.1, 0.15) is 0 Å². The van der Waals surface area contributed by atoms with Gasteiger partial charge in [-0.05, 0) is 12.2 Å². The van der Waals surface area contributed by atoms with E-state index in [-0.39, 0.29) is 5.11 Å². The second-order valence-electron chi connectivity index (χ2n) is 0.445. The molecule has 0 rings (SSSR count). The van der Waals surface area contributed by atoms with Gasteiger partial charge in [-0.15, -0.1) is 0 Å². The summed E-state index contributed by atoms with van der Waals surface area (Å²) in [7, 11) is 0. The van der Waals surface area contributed by atoms with E-state index in [1.807, 2.05) is 0 Å². The summed E-state index contributed by atoms with van der Waals surface area (Å²) in [5, 5.41) is 0.000000000000000222. The van der Waals surface area contributed by atoms with Crippen LogP contribution in [0.5, 0.6) is 0 Å². The molecular weight excluding hydrogens is 295 g/mol. The van der Waals surface area contributed by atoms with Crippen molar-refractivity contribution in [2.75, 3.05) is 0 Å². The van der Waals surface area contributed by atoms with Crippen molar-refractivity contribution >= 4 is 45.6 Å². The third-order valence-corrected chi connectivity index (χ3v) is 0. The van der Waals surface area contributed by atoms with Crippen LogP contribution < -0.4 is 11.5 Å². The van der Waals surface area contributed by atoms with Gasteiger partial charge in [0.15, 0.2) is 5.11 Å². The van der Waals surface area contributed by atoms with E-state index >= 15 is 0 Å². The van der Waals surface area contributed by atoms with Crippen LogP contribution in [0.4, 0.5) is 0 Å². The molecule has 0 aliphatic heterocycles. The van der Waals surface area contributed by atoms with Crippen molar-refractivity contribution in [3.05, 3.63) is 0 Å². The van der Waals surface area contributed by atoms with Gasteiger partial charge in [-0.25, -0.2) is 0 Å². The minimum absolute atomic E-state index is 0.000000000000000222. The Balaban J connectivity index is 0. The molecule has 0 aliphatic rings. The molecule has 0 amide bonds. The van der Waals surface area contributed by atoms with Crippen LogP contribution in [0, 0.1) is 0 Å².